The number of benzene rings is 2. The van der Waals surface area contributed by atoms with Crippen LogP contribution >= 0.6 is 23.2 Å². The summed E-state index contributed by atoms with van der Waals surface area (Å²) in [5.41, 5.74) is 4.22. The largest absolute Gasteiger partial charge is 0.113 e. The Morgan fingerprint density at radius 3 is 1.45 bits per heavy atom. The molecule has 0 N–H and O–H groups in total. The van der Waals surface area contributed by atoms with Gasteiger partial charge in [-0.3, -0.25) is 0 Å². The first kappa shape index (κ1) is 15.1. The molecular formula is C20H16Cl2. The average molecular weight is 327 g/mol. The maximum atomic E-state index is 6.79. The Balaban J connectivity index is 2.04. The fraction of sp³-hybridized carbons (Fsp3) is 0.100. The van der Waals surface area contributed by atoms with Crippen molar-refractivity contribution in [1.82, 2.24) is 0 Å². The molecule has 0 amide bonds. The van der Waals surface area contributed by atoms with E-state index in [1.54, 1.807) is 0 Å². The van der Waals surface area contributed by atoms with Crippen molar-refractivity contribution in [2.45, 2.75) is 10.8 Å². The molecule has 0 spiro atoms. The Bertz CT molecular complexity index is 650. The van der Waals surface area contributed by atoms with E-state index in [2.05, 4.69) is 12.2 Å². The lowest BCUT2D eigenvalue weighted by Crippen LogP contribution is -2.05. The lowest BCUT2D eigenvalue weighted by molar-refractivity contribution is 0.964. The number of alkyl halides is 2. The van der Waals surface area contributed by atoms with Gasteiger partial charge in [0.2, 0.25) is 0 Å². The zero-order valence-electron chi connectivity index (χ0n) is 12.0. The smallest absolute Gasteiger partial charge is 0.0821 e. The number of hydrogen-bond acceptors (Lipinski definition) is 0. The highest BCUT2D eigenvalue weighted by Crippen LogP contribution is 2.43. The van der Waals surface area contributed by atoms with Gasteiger partial charge in [-0.2, -0.15) is 0 Å². The minimum Gasteiger partial charge on any atom is -0.113 e. The van der Waals surface area contributed by atoms with E-state index >= 15 is 0 Å². The van der Waals surface area contributed by atoms with Crippen LogP contribution in [0.25, 0.3) is 0 Å². The summed E-state index contributed by atoms with van der Waals surface area (Å²) in [5, 5.41) is -0.516. The molecular weight excluding hydrogens is 311 g/mol. The molecule has 2 atom stereocenters. The maximum absolute atomic E-state index is 6.79. The van der Waals surface area contributed by atoms with E-state index in [0.717, 1.165) is 22.3 Å². The second kappa shape index (κ2) is 7.00. The molecule has 2 aromatic carbocycles. The third kappa shape index (κ3) is 3.19. The Kier molecular flexibility index (Phi) is 4.82. The van der Waals surface area contributed by atoms with Gasteiger partial charge < -0.3 is 0 Å². The van der Waals surface area contributed by atoms with Crippen molar-refractivity contribution in [3.05, 3.63) is 107 Å². The molecule has 0 radical (unpaired) electrons. The topological polar surface area (TPSA) is 0 Å². The van der Waals surface area contributed by atoms with Gasteiger partial charge in [-0.15, -0.1) is 23.2 Å². The Morgan fingerprint density at radius 1 is 0.636 bits per heavy atom. The molecule has 0 bridgehead atoms. The SMILES string of the molecule is ClC(C(=C1C=CC=C1)C(Cl)c1ccccc1)c1ccccc1. The standard InChI is InChI=1S/C20H16Cl2/c21-19(16-11-3-1-4-12-16)18(15-9-7-8-10-15)20(22)17-13-5-2-6-14-17/h1-14,19-20H. The average Bonchev–Trinajstić information content (AvgIpc) is 3.10. The molecule has 0 saturated heterocycles. The number of halogens is 2. The molecule has 0 aliphatic heterocycles. The monoisotopic (exact) mass is 326 g/mol. The van der Waals surface area contributed by atoms with Gasteiger partial charge in [0.05, 0.1) is 10.8 Å². The van der Waals surface area contributed by atoms with E-state index in [-0.39, 0.29) is 10.8 Å². The predicted molar refractivity (Wildman–Crippen MR) is 95.4 cm³/mol. The van der Waals surface area contributed by atoms with Crippen molar-refractivity contribution in [2.75, 3.05) is 0 Å². The van der Waals surface area contributed by atoms with Gasteiger partial charge in [0.15, 0.2) is 0 Å². The van der Waals surface area contributed by atoms with Crippen LogP contribution in [0.4, 0.5) is 0 Å². The summed E-state index contributed by atoms with van der Waals surface area (Å²) in [6.45, 7) is 0. The van der Waals surface area contributed by atoms with Crippen molar-refractivity contribution < 1.29 is 0 Å². The van der Waals surface area contributed by atoms with Crippen LogP contribution < -0.4 is 0 Å². The van der Waals surface area contributed by atoms with Crippen LogP contribution in [0.5, 0.6) is 0 Å². The summed E-state index contributed by atoms with van der Waals surface area (Å²) in [7, 11) is 0. The predicted octanol–water partition coefficient (Wildman–Crippen LogP) is 6.37. The first-order valence-electron chi connectivity index (χ1n) is 7.24. The van der Waals surface area contributed by atoms with Gasteiger partial charge in [-0.1, -0.05) is 85.0 Å². The van der Waals surface area contributed by atoms with Gasteiger partial charge in [0.1, 0.15) is 0 Å². The van der Waals surface area contributed by atoms with E-state index in [9.17, 15) is 0 Å². The molecule has 0 fully saturated rings. The van der Waals surface area contributed by atoms with Crippen LogP contribution in [0.3, 0.4) is 0 Å². The molecule has 0 heterocycles. The second-order valence-corrected chi connectivity index (χ2v) is 6.05. The van der Waals surface area contributed by atoms with Crippen molar-refractivity contribution >= 4 is 23.2 Å². The molecule has 22 heavy (non-hydrogen) atoms. The molecule has 0 saturated carbocycles. The van der Waals surface area contributed by atoms with Crippen molar-refractivity contribution in [1.29, 1.82) is 0 Å². The van der Waals surface area contributed by atoms with Crippen LogP contribution in [0.1, 0.15) is 21.9 Å². The molecule has 2 unspecified atom stereocenters. The van der Waals surface area contributed by atoms with Crippen molar-refractivity contribution in [2.24, 2.45) is 0 Å². The fourth-order valence-corrected chi connectivity index (χ4v) is 3.45. The summed E-state index contributed by atoms with van der Waals surface area (Å²) in [6.07, 6.45) is 8.15. The summed E-state index contributed by atoms with van der Waals surface area (Å²) in [6, 6.07) is 20.1. The van der Waals surface area contributed by atoms with Gasteiger partial charge >= 0.3 is 0 Å². The van der Waals surface area contributed by atoms with Gasteiger partial charge in [-0.05, 0) is 22.3 Å². The van der Waals surface area contributed by atoms with Crippen LogP contribution in [0, 0.1) is 0 Å². The third-order valence-electron chi connectivity index (χ3n) is 3.73. The normalized spacial score (nSPS) is 15.8. The van der Waals surface area contributed by atoms with Crippen LogP contribution in [0.2, 0.25) is 0 Å². The molecule has 2 heteroatoms. The number of hydrogen-bond donors (Lipinski definition) is 0. The highest BCUT2D eigenvalue weighted by Gasteiger charge is 2.25. The van der Waals surface area contributed by atoms with Crippen LogP contribution in [-0.2, 0) is 0 Å². The minimum atomic E-state index is -0.258. The highest BCUT2D eigenvalue weighted by atomic mass is 35.5. The zero-order chi connectivity index (χ0) is 15.4. The summed E-state index contributed by atoms with van der Waals surface area (Å²) < 4.78 is 0. The number of rotatable bonds is 4. The zero-order valence-corrected chi connectivity index (χ0v) is 13.5. The first-order valence-corrected chi connectivity index (χ1v) is 8.11. The van der Waals surface area contributed by atoms with Gasteiger partial charge in [0.25, 0.3) is 0 Å². The summed E-state index contributed by atoms with van der Waals surface area (Å²) >= 11 is 13.6. The molecule has 0 aromatic heterocycles. The second-order valence-electron chi connectivity index (χ2n) is 5.18. The quantitative estimate of drug-likeness (QED) is 0.572. The van der Waals surface area contributed by atoms with Crippen molar-refractivity contribution in [3.63, 3.8) is 0 Å². The van der Waals surface area contributed by atoms with E-state index in [1.165, 1.54) is 0 Å². The van der Waals surface area contributed by atoms with E-state index < -0.39 is 0 Å². The molecule has 0 nitrogen and oxygen atoms in total. The molecule has 3 rings (SSSR count). The van der Waals surface area contributed by atoms with Gasteiger partial charge in [0, 0.05) is 0 Å². The fourth-order valence-electron chi connectivity index (χ4n) is 2.59. The van der Waals surface area contributed by atoms with Crippen LogP contribution in [-0.4, -0.2) is 0 Å². The molecule has 1 aliphatic rings. The highest BCUT2D eigenvalue weighted by molar-refractivity contribution is 6.27. The van der Waals surface area contributed by atoms with Crippen LogP contribution in [0.15, 0.2) is 96.1 Å². The van der Waals surface area contributed by atoms with E-state index in [4.69, 9.17) is 23.2 Å². The Hall–Kier alpha value is -1.76. The molecule has 2 aromatic rings. The molecule has 110 valence electrons. The first-order chi connectivity index (χ1) is 10.8. The summed E-state index contributed by atoms with van der Waals surface area (Å²) in [4.78, 5) is 0. The Labute approximate surface area is 141 Å². The van der Waals surface area contributed by atoms with E-state index in [1.807, 2.05) is 72.8 Å². The third-order valence-corrected chi connectivity index (χ3v) is 4.70. The Morgan fingerprint density at radius 2 is 1.05 bits per heavy atom. The summed E-state index contributed by atoms with van der Waals surface area (Å²) in [5.74, 6) is 0. The van der Waals surface area contributed by atoms with E-state index in [0.29, 0.717) is 0 Å². The lowest BCUT2D eigenvalue weighted by atomic mass is 9.93. The van der Waals surface area contributed by atoms with Crippen molar-refractivity contribution in [3.8, 4) is 0 Å². The molecule has 1 aliphatic carbocycles. The van der Waals surface area contributed by atoms with Gasteiger partial charge in [-0.25, -0.2) is 0 Å². The maximum Gasteiger partial charge on any atom is 0.0821 e. The lowest BCUT2D eigenvalue weighted by Gasteiger charge is -2.22. The number of allylic oxidation sites excluding steroid dienone is 6. The minimum absolute atomic E-state index is 0.258.